The molecule has 0 aliphatic carbocycles. The topological polar surface area (TPSA) is 159 Å². The van der Waals surface area contributed by atoms with Gasteiger partial charge in [-0.3, -0.25) is 19.2 Å². The number of aliphatic hydroxyl groups excluding tert-OH is 2. The molecule has 1 aromatic carbocycles. The van der Waals surface area contributed by atoms with E-state index in [4.69, 9.17) is 9.47 Å². The number of benzene rings is 1. The molecule has 0 bridgehead atoms. The zero-order chi connectivity index (χ0) is 23.6. The molecule has 0 radical (unpaired) electrons. The van der Waals surface area contributed by atoms with Gasteiger partial charge in [-0.1, -0.05) is 30.3 Å². The summed E-state index contributed by atoms with van der Waals surface area (Å²) in [4.78, 5) is 48.9. The fraction of sp³-hybridized carbons (Fsp3) is 0.524. The Labute approximate surface area is 179 Å². The number of hydrogen-bond donors (Lipinski definition) is 4. The predicted octanol–water partition coefficient (Wildman–Crippen LogP) is -0.977. The average Bonchev–Trinajstić information content (AvgIpc) is 2.70. The minimum absolute atomic E-state index is 0.100. The van der Waals surface area contributed by atoms with Crippen molar-refractivity contribution >= 4 is 23.3 Å². The van der Waals surface area contributed by atoms with Gasteiger partial charge in [-0.2, -0.15) is 0 Å². The SMILES string of the molecule is CC(=O)N[C@H]1[C@@H](OCc2ccccc2)O[C@](C(C)=O)(C(O)C(C)=O)[C@](O)(C(C)=O)[C@@H]1O. The van der Waals surface area contributed by atoms with Crippen molar-refractivity contribution in [2.75, 3.05) is 0 Å². The number of nitrogens with one attached hydrogen (secondary N) is 1. The van der Waals surface area contributed by atoms with Crippen LogP contribution in [0.5, 0.6) is 0 Å². The molecule has 0 aromatic heterocycles. The molecule has 1 unspecified atom stereocenters. The molecule has 4 N–H and O–H groups in total. The lowest BCUT2D eigenvalue weighted by atomic mass is 9.66. The molecule has 1 heterocycles. The highest BCUT2D eigenvalue weighted by molar-refractivity contribution is 6.03. The summed E-state index contributed by atoms with van der Waals surface area (Å²) < 4.78 is 11.3. The Kier molecular flexibility index (Phi) is 7.45. The molecule has 31 heavy (non-hydrogen) atoms. The molecule has 1 aliphatic heterocycles. The van der Waals surface area contributed by atoms with Crippen LogP contribution in [0.4, 0.5) is 0 Å². The molecular formula is C21H27NO9. The maximum absolute atomic E-state index is 12.7. The molecule has 1 fully saturated rings. The highest BCUT2D eigenvalue weighted by atomic mass is 16.7. The summed E-state index contributed by atoms with van der Waals surface area (Å²) in [6.07, 6.45) is -6.05. The van der Waals surface area contributed by atoms with Crippen LogP contribution in [0.2, 0.25) is 0 Å². The molecule has 1 aliphatic rings. The summed E-state index contributed by atoms with van der Waals surface area (Å²) in [5.74, 6) is -3.86. The van der Waals surface area contributed by atoms with E-state index in [0.29, 0.717) is 5.56 Å². The van der Waals surface area contributed by atoms with E-state index in [1.807, 2.05) is 0 Å². The Balaban J connectivity index is 2.60. The van der Waals surface area contributed by atoms with Crippen LogP contribution in [0.3, 0.4) is 0 Å². The molecule has 1 saturated heterocycles. The van der Waals surface area contributed by atoms with Gasteiger partial charge < -0.3 is 30.1 Å². The lowest BCUT2D eigenvalue weighted by molar-refractivity contribution is -0.334. The lowest BCUT2D eigenvalue weighted by Gasteiger charge is -2.55. The second-order valence-corrected chi connectivity index (χ2v) is 7.58. The highest BCUT2D eigenvalue weighted by Gasteiger charge is 2.72. The van der Waals surface area contributed by atoms with Crippen molar-refractivity contribution in [1.82, 2.24) is 5.32 Å². The first kappa shape index (κ1) is 24.8. The zero-order valence-electron chi connectivity index (χ0n) is 17.7. The maximum Gasteiger partial charge on any atom is 0.217 e. The predicted molar refractivity (Wildman–Crippen MR) is 105 cm³/mol. The van der Waals surface area contributed by atoms with Gasteiger partial charge in [-0.15, -0.1) is 0 Å². The summed E-state index contributed by atoms with van der Waals surface area (Å²) >= 11 is 0. The third-order valence-corrected chi connectivity index (χ3v) is 5.39. The maximum atomic E-state index is 12.7. The van der Waals surface area contributed by atoms with Gasteiger partial charge in [0.15, 0.2) is 40.9 Å². The fourth-order valence-corrected chi connectivity index (χ4v) is 3.82. The Morgan fingerprint density at radius 3 is 2.13 bits per heavy atom. The molecule has 10 nitrogen and oxygen atoms in total. The quantitative estimate of drug-likeness (QED) is 0.401. The van der Waals surface area contributed by atoms with E-state index in [1.165, 1.54) is 0 Å². The van der Waals surface area contributed by atoms with Crippen molar-refractivity contribution in [3.05, 3.63) is 35.9 Å². The third-order valence-electron chi connectivity index (χ3n) is 5.39. The van der Waals surface area contributed by atoms with E-state index in [1.54, 1.807) is 30.3 Å². The van der Waals surface area contributed by atoms with Crippen LogP contribution >= 0.6 is 0 Å². The summed E-state index contributed by atoms with van der Waals surface area (Å²) in [5, 5.41) is 35.1. The number of amides is 1. The number of hydrogen-bond acceptors (Lipinski definition) is 9. The molecule has 170 valence electrons. The highest BCUT2D eigenvalue weighted by Crippen LogP contribution is 2.43. The molecule has 0 saturated carbocycles. The molecular weight excluding hydrogens is 410 g/mol. The number of aliphatic hydroxyl groups is 3. The second kappa shape index (κ2) is 9.33. The number of ketones is 3. The fourth-order valence-electron chi connectivity index (χ4n) is 3.82. The molecule has 0 spiro atoms. The average molecular weight is 437 g/mol. The number of Topliss-reactive ketones (excluding diaryl/α,β-unsaturated/α-hetero) is 3. The van der Waals surface area contributed by atoms with Crippen LogP contribution in [0.1, 0.15) is 33.3 Å². The number of carbonyl (C=O) groups excluding carboxylic acids is 4. The van der Waals surface area contributed by atoms with Gasteiger partial charge in [0.1, 0.15) is 12.1 Å². The van der Waals surface area contributed by atoms with Gasteiger partial charge in [0, 0.05) is 6.92 Å². The van der Waals surface area contributed by atoms with Gasteiger partial charge in [-0.05, 0) is 26.3 Å². The van der Waals surface area contributed by atoms with Crippen molar-refractivity contribution in [3.8, 4) is 0 Å². The lowest BCUT2D eigenvalue weighted by Crippen LogP contribution is -2.83. The Hall–Kier alpha value is -2.50. The van der Waals surface area contributed by atoms with Crippen LogP contribution in [-0.2, 0) is 35.3 Å². The van der Waals surface area contributed by atoms with Crippen LogP contribution in [0.15, 0.2) is 30.3 Å². The van der Waals surface area contributed by atoms with Crippen molar-refractivity contribution in [3.63, 3.8) is 0 Å². The molecule has 10 heteroatoms. The Morgan fingerprint density at radius 2 is 1.68 bits per heavy atom. The minimum Gasteiger partial charge on any atom is -0.387 e. The first-order valence-corrected chi connectivity index (χ1v) is 9.61. The zero-order valence-corrected chi connectivity index (χ0v) is 17.7. The van der Waals surface area contributed by atoms with Crippen molar-refractivity contribution in [1.29, 1.82) is 0 Å². The van der Waals surface area contributed by atoms with E-state index in [9.17, 15) is 34.5 Å². The number of carbonyl (C=O) groups is 4. The molecule has 1 aromatic rings. The van der Waals surface area contributed by atoms with Gasteiger partial charge in [0.05, 0.1) is 6.61 Å². The summed E-state index contributed by atoms with van der Waals surface area (Å²) in [6, 6.07) is 7.22. The van der Waals surface area contributed by atoms with E-state index in [2.05, 4.69) is 5.32 Å². The van der Waals surface area contributed by atoms with Crippen LogP contribution in [0, 0.1) is 0 Å². The summed E-state index contributed by atoms with van der Waals surface area (Å²) in [5.41, 5.74) is -5.24. The summed E-state index contributed by atoms with van der Waals surface area (Å²) in [6.45, 7) is 3.74. The first-order valence-electron chi connectivity index (χ1n) is 9.61. The Morgan fingerprint density at radius 1 is 1.10 bits per heavy atom. The molecule has 1 amide bonds. The summed E-state index contributed by atoms with van der Waals surface area (Å²) in [7, 11) is 0. The monoisotopic (exact) mass is 437 g/mol. The van der Waals surface area contributed by atoms with Crippen LogP contribution < -0.4 is 5.32 Å². The van der Waals surface area contributed by atoms with Gasteiger partial charge >= 0.3 is 0 Å². The van der Waals surface area contributed by atoms with Crippen molar-refractivity contribution in [2.45, 2.75) is 70.0 Å². The molecule has 2 rings (SSSR count). The Bertz CT molecular complexity index is 858. The van der Waals surface area contributed by atoms with E-state index >= 15 is 0 Å². The largest absolute Gasteiger partial charge is 0.387 e. The van der Waals surface area contributed by atoms with Gasteiger partial charge in [-0.25, -0.2) is 0 Å². The van der Waals surface area contributed by atoms with E-state index < -0.39 is 59.0 Å². The van der Waals surface area contributed by atoms with Gasteiger partial charge in [0.25, 0.3) is 0 Å². The van der Waals surface area contributed by atoms with Crippen LogP contribution in [-0.4, -0.2) is 74.3 Å². The van der Waals surface area contributed by atoms with E-state index in [-0.39, 0.29) is 6.61 Å². The number of rotatable bonds is 8. The third kappa shape index (κ3) is 4.30. The molecule has 6 atom stereocenters. The number of ether oxygens (including phenoxy) is 2. The standard InChI is InChI=1S/C21H27NO9/c1-11(23)17(27)21(13(3)25)20(29,12(2)24)18(28)16(22-14(4)26)19(31-21)30-10-15-8-6-5-7-9-15/h5-9,16-19,27-29H,10H2,1-4H3,(H,22,26)/t16-,17?,18-,19+,20+,21-/m1/s1. The van der Waals surface area contributed by atoms with Crippen molar-refractivity contribution in [2.24, 2.45) is 0 Å². The van der Waals surface area contributed by atoms with E-state index in [0.717, 1.165) is 27.7 Å². The van der Waals surface area contributed by atoms with Gasteiger partial charge in [0.2, 0.25) is 5.91 Å². The second-order valence-electron chi connectivity index (χ2n) is 7.58. The normalized spacial score (nSPS) is 31.5. The minimum atomic E-state index is -3.05. The van der Waals surface area contributed by atoms with Crippen molar-refractivity contribution < 1.29 is 44.0 Å². The van der Waals surface area contributed by atoms with Crippen LogP contribution in [0.25, 0.3) is 0 Å². The first-order chi connectivity index (χ1) is 14.4. The smallest absolute Gasteiger partial charge is 0.217 e.